The molecule has 1 saturated heterocycles. The van der Waals surface area contributed by atoms with Gasteiger partial charge in [-0.1, -0.05) is 25.1 Å². The molecule has 2 heterocycles. The summed E-state index contributed by atoms with van der Waals surface area (Å²) in [5.74, 6) is 1.59. The van der Waals surface area contributed by atoms with E-state index in [9.17, 15) is 0 Å². The first-order valence-electron chi connectivity index (χ1n) is 6.10. The fraction of sp³-hybridized carbons (Fsp3) is 0.357. The van der Waals surface area contributed by atoms with Crippen LogP contribution < -0.4 is 10.6 Å². The first kappa shape index (κ1) is 10.5. The molecule has 1 aromatic heterocycles. The molecule has 1 fully saturated rings. The van der Waals surface area contributed by atoms with Crippen LogP contribution in [0, 0.1) is 5.92 Å². The quantitative estimate of drug-likeness (QED) is 0.810. The van der Waals surface area contributed by atoms with Crippen molar-refractivity contribution in [2.24, 2.45) is 11.7 Å². The van der Waals surface area contributed by atoms with Crippen LogP contribution in [0.15, 0.2) is 36.4 Å². The number of hydrogen-bond acceptors (Lipinski definition) is 3. The van der Waals surface area contributed by atoms with E-state index in [2.05, 4.69) is 36.1 Å². The highest BCUT2D eigenvalue weighted by Crippen LogP contribution is 2.23. The molecule has 0 bridgehead atoms. The van der Waals surface area contributed by atoms with Crippen molar-refractivity contribution in [3.05, 3.63) is 36.4 Å². The summed E-state index contributed by atoms with van der Waals surface area (Å²) in [6.07, 6.45) is 0. The number of para-hydroxylation sites is 1. The van der Waals surface area contributed by atoms with Crippen molar-refractivity contribution in [3.63, 3.8) is 0 Å². The maximum atomic E-state index is 6.05. The maximum absolute atomic E-state index is 6.05. The highest BCUT2D eigenvalue weighted by atomic mass is 15.2. The number of anilines is 1. The molecule has 1 aliphatic rings. The number of pyridine rings is 1. The van der Waals surface area contributed by atoms with Gasteiger partial charge in [-0.2, -0.15) is 0 Å². The Kier molecular flexibility index (Phi) is 2.48. The van der Waals surface area contributed by atoms with Gasteiger partial charge in [-0.05, 0) is 24.1 Å². The molecule has 0 amide bonds. The van der Waals surface area contributed by atoms with Crippen LogP contribution in [0.2, 0.25) is 0 Å². The van der Waals surface area contributed by atoms with E-state index >= 15 is 0 Å². The Morgan fingerprint density at radius 1 is 1.18 bits per heavy atom. The van der Waals surface area contributed by atoms with E-state index in [1.807, 2.05) is 12.1 Å². The fourth-order valence-electron chi connectivity index (χ4n) is 2.41. The molecule has 88 valence electrons. The van der Waals surface area contributed by atoms with E-state index in [0.717, 1.165) is 24.4 Å². The van der Waals surface area contributed by atoms with Crippen LogP contribution in [0.4, 0.5) is 5.82 Å². The van der Waals surface area contributed by atoms with Crippen LogP contribution in [0.5, 0.6) is 0 Å². The molecule has 0 aliphatic carbocycles. The largest absolute Gasteiger partial charge is 0.355 e. The first-order chi connectivity index (χ1) is 8.24. The zero-order valence-corrected chi connectivity index (χ0v) is 10.0. The van der Waals surface area contributed by atoms with E-state index in [1.54, 1.807) is 0 Å². The van der Waals surface area contributed by atoms with E-state index in [-0.39, 0.29) is 6.04 Å². The number of hydrogen-bond donors (Lipinski definition) is 1. The lowest BCUT2D eigenvalue weighted by Crippen LogP contribution is -2.28. The molecule has 1 aliphatic heterocycles. The van der Waals surface area contributed by atoms with Crippen molar-refractivity contribution in [3.8, 4) is 0 Å². The number of nitrogens with two attached hydrogens (primary N) is 1. The second kappa shape index (κ2) is 4.00. The van der Waals surface area contributed by atoms with E-state index < -0.39 is 0 Å². The minimum absolute atomic E-state index is 0.267. The van der Waals surface area contributed by atoms with E-state index in [4.69, 9.17) is 10.7 Å². The summed E-state index contributed by atoms with van der Waals surface area (Å²) in [4.78, 5) is 6.98. The monoisotopic (exact) mass is 227 g/mol. The molecule has 3 rings (SSSR count). The van der Waals surface area contributed by atoms with Crippen molar-refractivity contribution >= 4 is 16.7 Å². The van der Waals surface area contributed by atoms with Crippen LogP contribution in [0.1, 0.15) is 6.92 Å². The third kappa shape index (κ3) is 1.87. The van der Waals surface area contributed by atoms with Crippen LogP contribution >= 0.6 is 0 Å². The van der Waals surface area contributed by atoms with Gasteiger partial charge in [-0.15, -0.1) is 0 Å². The van der Waals surface area contributed by atoms with Crippen molar-refractivity contribution in [1.29, 1.82) is 0 Å². The Morgan fingerprint density at radius 2 is 2.00 bits per heavy atom. The Morgan fingerprint density at radius 3 is 2.76 bits per heavy atom. The minimum atomic E-state index is 0.267. The summed E-state index contributed by atoms with van der Waals surface area (Å²) in [6.45, 7) is 4.12. The molecule has 0 radical (unpaired) electrons. The molecule has 2 N–H and O–H groups in total. The van der Waals surface area contributed by atoms with Gasteiger partial charge in [0.2, 0.25) is 0 Å². The molecule has 17 heavy (non-hydrogen) atoms. The number of fused-ring (bicyclic) bond motifs is 1. The van der Waals surface area contributed by atoms with Gasteiger partial charge in [0.25, 0.3) is 0 Å². The molecule has 3 nitrogen and oxygen atoms in total. The highest BCUT2D eigenvalue weighted by Gasteiger charge is 2.27. The van der Waals surface area contributed by atoms with Crippen molar-refractivity contribution in [2.45, 2.75) is 13.0 Å². The summed E-state index contributed by atoms with van der Waals surface area (Å²) in [5, 5.41) is 1.19. The molecular weight excluding hydrogens is 210 g/mol. The minimum Gasteiger partial charge on any atom is -0.355 e. The highest BCUT2D eigenvalue weighted by molar-refractivity contribution is 5.80. The Labute approximate surface area is 101 Å². The summed E-state index contributed by atoms with van der Waals surface area (Å²) in [6, 6.07) is 12.7. The van der Waals surface area contributed by atoms with Crippen LogP contribution in [-0.4, -0.2) is 24.1 Å². The summed E-state index contributed by atoms with van der Waals surface area (Å²) < 4.78 is 0. The number of nitrogens with zero attached hydrogens (tertiary/aromatic N) is 2. The molecule has 1 aromatic carbocycles. The predicted molar refractivity (Wildman–Crippen MR) is 71.1 cm³/mol. The molecule has 3 heteroatoms. The van der Waals surface area contributed by atoms with Crippen LogP contribution in [0.3, 0.4) is 0 Å². The Hall–Kier alpha value is -1.61. The predicted octanol–water partition coefficient (Wildman–Crippen LogP) is 2.02. The lowest BCUT2D eigenvalue weighted by atomic mass is 10.1. The normalized spacial score (nSPS) is 24.5. The Bertz CT molecular complexity index is 528. The maximum Gasteiger partial charge on any atom is 0.129 e. The van der Waals surface area contributed by atoms with Gasteiger partial charge in [-0.3, -0.25) is 0 Å². The van der Waals surface area contributed by atoms with Gasteiger partial charge in [0, 0.05) is 24.5 Å². The van der Waals surface area contributed by atoms with Gasteiger partial charge >= 0.3 is 0 Å². The van der Waals surface area contributed by atoms with Gasteiger partial charge in [0.1, 0.15) is 5.82 Å². The fourth-order valence-corrected chi connectivity index (χ4v) is 2.41. The zero-order valence-electron chi connectivity index (χ0n) is 10.0. The Balaban J connectivity index is 1.96. The van der Waals surface area contributed by atoms with Crippen molar-refractivity contribution in [2.75, 3.05) is 18.0 Å². The molecule has 0 spiro atoms. The van der Waals surface area contributed by atoms with Crippen LogP contribution in [-0.2, 0) is 0 Å². The van der Waals surface area contributed by atoms with Crippen LogP contribution in [0.25, 0.3) is 10.9 Å². The smallest absolute Gasteiger partial charge is 0.129 e. The summed E-state index contributed by atoms with van der Waals surface area (Å²) in [5.41, 5.74) is 7.10. The zero-order chi connectivity index (χ0) is 11.8. The third-order valence-electron chi connectivity index (χ3n) is 3.58. The summed E-state index contributed by atoms with van der Waals surface area (Å²) in [7, 11) is 0. The standard InChI is InChI=1S/C14H17N3/c1-10-8-17(9-12(10)15)14-7-6-11-4-2-3-5-13(11)16-14/h2-7,10,12H,8-9,15H2,1H3. The van der Waals surface area contributed by atoms with Gasteiger partial charge in [0.15, 0.2) is 0 Å². The molecule has 2 unspecified atom stereocenters. The lowest BCUT2D eigenvalue weighted by Gasteiger charge is -2.17. The SMILES string of the molecule is CC1CN(c2ccc3ccccc3n2)CC1N. The van der Waals surface area contributed by atoms with Gasteiger partial charge in [0.05, 0.1) is 5.52 Å². The third-order valence-corrected chi connectivity index (χ3v) is 3.58. The van der Waals surface area contributed by atoms with Crippen molar-refractivity contribution < 1.29 is 0 Å². The molecule has 0 saturated carbocycles. The molecular formula is C14H17N3. The van der Waals surface area contributed by atoms with E-state index in [1.165, 1.54) is 5.39 Å². The molecule has 2 atom stereocenters. The second-order valence-electron chi connectivity index (χ2n) is 4.91. The lowest BCUT2D eigenvalue weighted by molar-refractivity contribution is 0.566. The average molecular weight is 227 g/mol. The number of aromatic nitrogens is 1. The van der Waals surface area contributed by atoms with E-state index in [0.29, 0.717) is 5.92 Å². The topological polar surface area (TPSA) is 42.2 Å². The average Bonchev–Trinajstić information content (AvgIpc) is 2.69. The molecule has 2 aromatic rings. The van der Waals surface area contributed by atoms with Crippen molar-refractivity contribution in [1.82, 2.24) is 4.98 Å². The summed E-state index contributed by atoms with van der Waals surface area (Å²) >= 11 is 0. The van der Waals surface area contributed by atoms with Gasteiger partial charge < -0.3 is 10.6 Å². The number of benzene rings is 1. The van der Waals surface area contributed by atoms with Gasteiger partial charge in [-0.25, -0.2) is 4.98 Å². The second-order valence-corrected chi connectivity index (χ2v) is 4.91. The number of rotatable bonds is 1. The first-order valence-corrected chi connectivity index (χ1v) is 6.10.